The number of rotatable bonds is 5. The molecule has 0 aliphatic heterocycles. The van der Waals surface area contributed by atoms with Crippen LogP contribution >= 0.6 is 31.9 Å². The molecule has 0 spiro atoms. The Labute approximate surface area is 144 Å². The standard InChI is InChI=1S/C6H12Br2O6.2BrHO2/c7-6(8,14)5(13)4(12)3(11)2(10)1-9;2*2-1-3/h2-5,9-14H,1H2;2*2H/t2-,3-,4+,5+;;/m1../s1. The number of hydrogen-bond acceptors (Lipinski definition) is 10. The summed E-state index contributed by atoms with van der Waals surface area (Å²) in [7, 11) is 0. The lowest BCUT2D eigenvalue weighted by Crippen LogP contribution is -2.51. The van der Waals surface area contributed by atoms with Gasteiger partial charge in [0.05, 0.1) is 6.61 Å². The summed E-state index contributed by atoms with van der Waals surface area (Å²) in [6, 6.07) is 0. The minimum Gasteiger partial charge on any atom is -0.551 e. The molecule has 20 heavy (non-hydrogen) atoms. The van der Waals surface area contributed by atoms with Crippen LogP contribution in [0.3, 0.4) is 0 Å². The van der Waals surface area contributed by atoms with Crippen LogP contribution in [0, 0.1) is 31.1 Å². The summed E-state index contributed by atoms with van der Waals surface area (Å²) in [5.74, 6) is 0. The second-order valence-electron chi connectivity index (χ2n) is 2.90. The quantitative estimate of drug-likeness (QED) is 0.148. The van der Waals surface area contributed by atoms with E-state index in [2.05, 4.69) is 31.9 Å². The lowest BCUT2D eigenvalue weighted by atomic mass is 10.0. The van der Waals surface area contributed by atoms with Crippen molar-refractivity contribution < 1.29 is 78.5 Å². The lowest BCUT2D eigenvalue weighted by Gasteiger charge is -2.30. The summed E-state index contributed by atoms with van der Waals surface area (Å²) in [6.45, 7) is -0.770. The molecule has 10 nitrogen and oxygen atoms in total. The van der Waals surface area contributed by atoms with Gasteiger partial charge < -0.3 is 39.0 Å². The molecular weight excluding hydrogens is 552 g/mol. The van der Waals surface area contributed by atoms with E-state index in [0.717, 1.165) is 0 Å². The smallest absolute Gasteiger partial charge is 0.417 e. The van der Waals surface area contributed by atoms with E-state index in [1.165, 1.54) is 0 Å². The third-order valence-electron chi connectivity index (χ3n) is 1.61. The molecule has 0 radical (unpaired) electrons. The molecule has 0 aromatic carbocycles. The maximum Gasteiger partial charge on any atom is 0.417 e. The van der Waals surface area contributed by atoms with Gasteiger partial charge in [-0.15, -0.1) is 0 Å². The van der Waals surface area contributed by atoms with Gasteiger partial charge in [-0.3, -0.25) is 0 Å². The Kier molecular flexibility index (Phi) is 20.4. The summed E-state index contributed by atoms with van der Waals surface area (Å²) in [5, 5.41) is 54.1. The van der Waals surface area contributed by atoms with Crippen LogP contribution in [0.5, 0.6) is 0 Å². The summed E-state index contributed by atoms with van der Waals surface area (Å²) < 4.78 is 29.1. The molecule has 0 aromatic heterocycles. The zero-order chi connectivity index (χ0) is 16.9. The van der Waals surface area contributed by atoms with E-state index >= 15 is 0 Å². The number of aliphatic hydroxyl groups excluding tert-OH is 5. The second-order valence-corrected chi connectivity index (χ2v) is 6.96. The van der Waals surface area contributed by atoms with Crippen LogP contribution in [0.2, 0.25) is 0 Å². The zero-order valence-corrected chi connectivity index (χ0v) is 15.8. The maximum atomic E-state index is 9.23. The van der Waals surface area contributed by atoms with Gasteiger partial charge in [0.25, 0.3) is 0 Å². The van der Waals surface area contributed by atoms with Crippen molar-refractivity contribution in [3.05, 3.63) is 0 Å². The van der Waals surface area contributed by atoms with Crippen LogP contribution < -0.4 is 8.40 Å². The van der Waals surface area contributed by atoms with E-state index in [0.29, 0.717) is 0 Å². The molecule has 0 amide bonds. The Morgan fingerprint density at radius 2 is 1.25 bits per heavy atom. The highest BCUT2D eigenvalue weighted by Crippen LogP contribution is 2.29. The predicted molar refractivity (Wildman–Crippen MR) is 58.4 cm³/mol. The van der Waals surface area contributed by atoms with Crippen molar-refractivity contribution in [1.29, 1.82) is 0 Å². The van der Waals surface area contributed by atoms with Crippen LogP contribution in [0.15, 0.2) is 0 Å². The minimum atomic E-state index is -1.98. The molecule has 0 bridgehead atoms. The first kappa shape index (κ1) is 26.4. The molecule has 0 saturated heterocycles. The number of aliphatic hydroxyl groups is 6. The third-order valence-corrected chi connectivity index (χ3v) is 2.55. The lowest BCUT2D eigenvalue weighted by molar-refractivity contribution is -1.27. The van der Waals surface area contributed by atoms with Gasteiger partial charge in [0, 0.05) is 0 Å². The van der Waals surface area contributed by atoms with E-state index in [-0.39, 0.29) is 0 Å². The van der Waals surface area contributed by atoms with Crippen LogP contribution in [-0.4, -0.2) is 73.5 Å². The molecule has 126 valence electrons. The fraction of sp³-hybridized carbons (Fsp3) is 1.00. The van der Waals surface area contributed by atoms with Gasteiger partial charge in [0.2, 0.25) is 3.42 Å². The first-order valence-corrected chi connectivity index (χ1v) is 8.59. The van der Waals surface area contributed by atoms with Gasteiger partial charge in [0.15, 0.2) is 0 Å². The maximum absolute atomic E-state index is 9.23. The average molecular weight is 566 g/mol. The molecule has 0 aliphatic rings. The molecule has 0 fully saturated rings. The predicted octanol–water partition coefficient (Wildman–Crippen LogP) is -5.63. The van der Waals surface area contributed by atoms with Gasteiger partial charge in [-0.25, -0.2) is 0 Å². The highest BCUT2D eigenvalue weighted by Gasteiger charge is 2.40. The van der Waals surface area contributed by atoms with Crippen molar-refractivity contribution >= 4 is 31.9 Å². The molecule has 4 atom stereocenters. The van der Waals surface area contributed by atoms with Gasteiger partial charge in [-0.1, -0.05) is 0 Å². The highest BCUT2D eigenvalue weighted by atomic mass is 79.9. The van der Waals surface area contributed by atoms with Crippen LogP contribution in [0.25, 0.3) is 0 Å². The van der Waals surface area contributed by atoms with Crippen LogP contribution in [-0.2, 0) is 0 Å². The highest BCUT2D eigenvalue weighted by molar-refractivity contribution is 9.25. The van der Waals surface area contributed by atoms with Gasteiger partial charge in [-0.05, 0) is 31.9 Å². The second kappa shape index (κ2) is 15.4. The third kappa shape index (κ3) is 14.5. The Hall–Kier alpha value is 1.52. The zero-order valence-electron chi connectivity index (χ0n) is 9.42. The Morgan fingerprint density at radius 1 is 0.950 bits per heavy atom. The fourth-order valence-corrected chi connectivity index (χ4v) is 1.27. The van der Waals surface area contributed by atoms with Crippen molar-refractivity contribution in [3.63, 3.8) is 0 Å². The van der Waals surface area contributed by atoms with Gasteiger partial charge in [-0.2, -0.15) is 8.40 Å². The molecule has 0 aliphatic carbocycles. The van der Waals surface area contributed by atoms with E-state index in [1.807, 2.05) is 0 Å². The van der Waals surface area contributed by atoms with Crippen molar-refractivity contribution in [2.45, 2.75) is 27.8 Å². The molecule has 0 rings (SSSR count). The monoisotopic (exact) mass is 562 g/mol. The average Bonchev–Trinajstić information content (AvgIpc) is 2.36. The van der Waals surface area contributed by atoms with E-state index in [1.54, 1.807) is 0 Å². The molecule has 0 aromatic rings. The van der Waals surface area contributed by atoms with Gasteiger partial charge in [0.1, 0.15) is 24.4 Å². The largest absolute Gasteiger partial charge is 0.551 e. The summed E-state index contributed by atoms with van der Waals surface area (Å²) in [5.41, 5.74) is 0. The summed E-state index contributed by atoms with van der Waals surface area (Å²) in [6.07, 6.45) is -6.96. The van der Waals surface area contributed by atoms with Crippen molar-refractivity contribution in [2.24, 2.45) is 0 Å². The summed E-state index contributed by atoms with van der Waals surface area (Å²) in [4.78, 5) is 0. The molecule has 0 heterocycles. The molecule has 0 saturated carbocycles. The van der Waals surface area contributed by atoms with Crippen molar-refractivity contribution in [3.8, 4) is 0 Å². The van der Waals surface area contributed by atoms with E-state index < -0.39 is 65.5 Å². The first-order valence-electron chi connectivity index (χ1n) is 4.29. The van der Waals surface area contributed by atoms with Crippen molar-refractivity contribution in [2.75, 3.05) is 6.61 Å². The molecule has 14 heteroatoms. The van der Waals surface area contributed by atoms with Gasteiger partial charge >= 0.3 is 31.1 Å². The normalized spacial score (nSPS) is 16.8. The van der Waals surface area contributed by atoms with E-state index in [9.17, 15) is 10.2 Å². The number of hydrogen-bond donors (Lipinski definition) is 8. The van der Waals surface area contributed by atoms with E-state index in [4.69, 9.17) is 37.2 Å². The minimum absolute atomic E-state index is 0.770. The van der Waals surface area contributed by atoms with Crippen LogP contribution in [0.1, 0.15) is 0 Å². The molecular formula is C6H14Br4O10. The number of alkyl halides is 2. The summed E-state index contributed by atoms with van der Waals surface area (Å²) >= 11 is 2.81. The Morgan fingerprint density at radius 3 is 1.45 bits per heavy atom. The number of halogens is 4. The molecule has 0 unspecified atom stereocenters. The topological polar surface area (TPSA) is 208 Å². The first-order chi connectivity index (χ1) is 9.04. The molecule has 8 N–H and O–H groups in total. The Balaban J connectivity index is -0.000000408. The fourth-order valence-electron chi connectivity index (χ4n) is 0.728. The van der Waals surface area contributed by atoms with Crippen LogP contribution in [0.4, 0.5) is 0 Å². The SMILES string of the molecule is OC[C@@H](O)[C@@H](O)[C@H](O)[C@H](O)C(O)(Br)Br.[O-][Br+]O.[O-][Br+]O. The van der Waals surface area contributed by atoms with Crippen molar-refractivity contribution in [1.82, 2.24) is 0 Å². The Bertz CT molecular complexity index is 203.